The Bertz CT molecular complexity index is 424. The highest BCUT2D eigenvalue weighted by Crippen LogP contribution is 2.40. The molecule has 5 nitrogen and oxygen atoms in total. The maximum absolute atomic E-state index is 5.57. The van der Waals surface area contributed by atoms with Gasteiger partial charge in [0.15, 0.2) is 0 Å². The Balaban J connectivity index is 1.90. The summed E-state index contributed by atoms with van der Waals surface area (Å²) in [5.41, 5.74) is 11.7. The second kappa shape index (κ2) is 6.14. The van der Waals surface area contributed by atoms with Crippen LogP contribution in [0.2, 0.25) is 0 Å². The molecule has 104 valence electrons. The van der Waals surface area contributed by atoms with Gasteiger partial charge >= 0.3 is 0 Å². The fraction of sp³-hybridized carbons (Fsp3) is 0.500. The predicted molar refractivity (Wildman–Crippen MR) is 79.6 cm³/mol. The van der Waals surface area contributed by atoms with Gasteiger partial charge in [-0.2, -0.15) is 0 Å². The van der Waals surface area contributed by atoms with Crippen LogP contribution in [0.5, 0.6) is 0 Å². The molecule has 1 saturated heterocycles. The van der Waals surface area contributed by atoms with Gasteiger partial charge in [-0.05, 0) is 32.3 Å². The maximum Gasteiger partial charge on any atom is 0.0749 e. The van der Waals surface area contributed by atoms with E-state index in [-0.39, 0.29) is 0 Å². The average Bonchev–Trinajstić information content (AvgIpc) is 2.97. The molecule has 1 fully saturated rings. The van der Waals surface area contributed by atoms with Crippen molar-refractivity contribution in [3.8, 4) is 0 Å². The SMILES string of the molecule is C=N/C=C\C=C(/C)C1[C@@H]2C(CN(C)CCN)=CNN12. The van der Waals surface area contributed by atoms with Gasteiger partial charge in [-0.1, -0.05) is 11.6 Å². The summed E-state index contributed by atoms with van der Waals surface area (Å²) >= 11 is 0. The predicted octanol–water partition coefficient (Wildman–Crippen LogP) is 0.492. The lowest BCUT2D eigenvalue weighted by Crippen LogP contribution is -2.28. The molecule has 3 N–H and O–H groups in total. The van der Waals surface area contributed by atoms with Gasteiger partial charge < -0.3 is 16.1 Å². The van der Waals surface area contributed by atoms with Crippen LogP contribution in [-0.4, -0.2) is 55.4 Å². The smallest absolute Gasteiger partial charge is 0.0749 e. The zero-order valence-corrected chi connectivity index (χ0v) is 11.7. The van der Waals surface area contributed by atoms with Crippen molar-refractivity contribution in [1.29, 1.82) is 0 Å². The first-order valence-electron chi connectivity index (χ1n) is 6.60. The number of likely N-dealkylation sites (N-methyl/N-ethyl adjacent to an activating group) is 1. The van der Waals surface area contributed by atoms with E-state index in [4.69, 9.17) is 5.73 Å². The Morgan fingerprint density at radius 2 is 2.47 bits per heavy atom. The number of hydrogen-bond donors (Lipinski definition) is 2. The molecular formula is C14H23N5. The molecular weight excluding hydrogens is 238 g/mol. The molecule has 0 aromatic rings. The quantitative estimate of drug-likeness (QED) is 0.398. The van der Waals surface area contributed by atoms with Crippen molar-refractivity contribution < 1.29 is 0 Å². The van der Waals surface area contributed by atoms with Crippen LogP contribution in [0, 0.1) is 0 Å². The molecule has 2 aliphatic heterocycles. The van der Waals surface area contributed by atoms with E-state index >= 15 is 0 Å². The molecule has 0 saturated carbocycles. The van der Waals surface area contributed by atoms with Crippen molar-refractivity contribution in [2.24, 2.45) is 10.7 Å². The van der Waals surface area contributed by atoms with E-state index in [1.54, 1.807) is 6.20 Å². The molecule has 3 atom stereocenters. The second-order valence-electron chi connectivity index (χ2n) is 5.11. The van der Waals surface area contributed by atoms with Gasteiger partial charge in [-0.15, -0.1) is 0 Å². The lowest BCUT2D eigenvalue weighted by Gasteiger charge is -2.16. The maximum atomic E-state index is 5.57. The van der Waals surface area contributed by atoms with E-state index in [0.29, 0.717) is 18.6 Å². The molecule has 0 aromatic carbocycles. The Morgan fingerprint density at radius 3 is 3.16 bits per heavy atom. The highest BCUT2D eigenvalue weighted by atomic mass is 15.7. The lowest BCUT2D eigenvalue weighted by molar-refractivity contribution is 0.368. The Morgan fingerprint density at radius 1 is 1.68 bits per heavy atom. The van der Waals surface area contributed by atoms with E-state index in [1.165, 1.54) is 11.1 Å². The van der Waals surface area contributed by atoms with Crippen LogP contribution in [-0.2, 0) is 0 Å². The van der Waals surface area contributed by atoms with E-state index in [0.717, 1.165) is 13.1 Å². The van der Waals surface area contributed by atoms with Gasteiger partial charge in [-0.3, -0.25) is 4.99 Å². The molecule has 2 aliphatic rings. The van der Waals surface area contributed by atoms with Gasteiger partial charge in [0.1, 0.15) is 0 Å². The first-order chi connectivity index (χ1) is 9.19. The molecule has 0 bridgehead atoms. The number of aliphatic imine (C=N–C) groups is 1. The summed E-state index contributed by atoms with van der Waals surface area (Å²) in [4.78, 5) is 5.96. The normalized spacial score (nSPS) is 29.4. The Hall–Kier alpha value is -1.43. The molecule has 0 aromatic heterocycles. The summed E-state index contributed by atoms with van der Waals surface area (Å²) in [5, 5.41) is 2.27. The van der Waals surface area contributed by atoms with E-state index in [9.17, 15) is 0 Å². The van der Waals surface area contributed by atoms with Crippen LogP contribution in [0.3, 0.4) is 0 Å². The van der Waals surface area contributed by atoms with Crippen molar-refractivity contribution in [2.45, 2.75) is 19.0 Å². The molecule has 0 spiro atoms. The molecule has 19 heavy (non-hydrogen) atoms. The molecule has 0 amide bonds. The highest BCUT2D eigenvalue weighted by Gasteiger charge is 2.53. The van der Waals surface area contributed by atoms with Gasteiger partial charge in [0.05, 0.1) is 12.1 Å². The number of nitrogens with zero attached hydrogens (tertiary/aromatic N) is 3. The average molecular weight is 261 g/mol. The Labute approximate surface area is 115 Å². The first-order valence-corrected chi connectivity index (χ1v) is 6.60. The molecule has 2 unspecified atom stereocenters. The third-order valence-corrected chi connectivity index (χ3v) is 3.57. The third-order valence-electron chi connectivity index (χ3n) is 3.57. The summed E-state index contributed by atoms with van der Waals surface area (Å²) in [5.74, 6) is 0. The number of hydrogen-bond acceptors (Lipinski definition) is 5. The fourth-order valence-electron chi connectivity index (χ4n) is 2.59. The largest absolute Gasteiger partial charge is 0.329 e. The number of hydrazine groups is 1. The van der Waals surface area contributed by atoms with Crippen LogP contribution < -0.4 is 11.2 Å². The number of nitrogens with two attached hydrogens (primary N) is 1. The van der Waals surface area contributed by atoms with Crippen molar-refractivity contribution in [1.82, 2.24) is 15.3 Å². The van der Waals surface area contributed by atoms with Gasteiger partial charge in [0.2, 0.25) is 0 Å². The van der Waals surface area contributed by atoms with Crippen molar-refractivity contribution in [2.75, 3.05) is 26.7 Å². The number of fused-ring (bicyclic) bond motifs is 1. The second-order valence-corrected chi connectivity index (χ2v) is 5.11. The zero-order chi connectivity index (χ0) is 13.8. The standard InChI is InChI=1S/C14H23N5/c1-11(5-4-7-16-2)13-14-12(9-17-19(13)14)10-18(3)8-6-15/h4-5,7,9,13-14,17H,2,6,8,10,15H2,1,3H3/b7-4-,11-5+/t13?,14-,19?/m0/s1. The minimum absolute atomic E-state index is 0.473. The minimum atomic E-state index is 0.473. The van der Waals surface area contributed by atoms with Gasteiger partial charge in [0, 0.05) is 32.0 Å². The van der Waals surface area contributed by atoms with Crippen LogP contribution in [0.1, 0.15) is 6.92 Å². The molecule has 0 aliphatic carbocycles. The molecule has 2 heterocycles. The third kappa shape index (κ3) is 3.12. The van der Waals surface area contributed by atoms with E-state index < -0.39 is 0 Å². The fourth-order valence-corrected chi connectivity index (χ4v) is 2.59. The summed E-state index contributed by atoms with van der Waals surface area (Å²) in [6, 6.07) is 0.974. The van der Waals surface area contributed by atoms with Crippen LogP contribution >= 0.6 is 0 Å². The zero-order valence-electron chi connectivity index (χ0n) is 11.7. The summed E-state index contributed by atoms with van der Waals surface area (Å²) < 4.78 is 0. The monoisotopic (exact) mass is 261 g/mol. The summed E-state index contributed by atoms with van der Waals surface area (Å²) in [6.45, 7) is 8.18. The highest BCUT2D eigenvalue weighted by molar-refractivity contribution is 5.38. The lowest BCUT2D eigenvalue weighted by atomic mass is 10.1. The summed E-state index contributed by atoms with van der Waals surface area (Å²) in [7, 11) is 2.11. The summed E-state index contributed by atoms with van der Waals surface area (Å²) in [6.07, 6.45) is 7.85. The van der Waals surface area contributed by atoms with Crippen molar-refractivity contribution in [3.05, 3.63) is 35.7 Å². The van der Waals surface area contributed by atoms with Crippen molar-refractivity contribution in [3.63, 3.8) is 0 Å². The molecule has 5 heteroatoms. The number of nitrogens with one attached hydrogen (secondary N) is 1. The van der Waals surface area contributed by atoms with Crippen LogP contribution in [0.4, 0.5) is 0 Å². The van der Waals surface area contributed by atoms with Crippen LogP contribution in [0.25, 0.3) is 0 Å². The molecule has 0 radical (unpaired) electrons. The van der Waals surface area contributed by atoms with Gasteiger partial charge in [-0.25, -0.2) is 5.01 Å². The van der Waals surface area contributed by atoms with Crippen molar-refractivity contribution >= 4 is 6.72 Å². The van der Waals surface area contributed by atoms with Crippen LogP contribution in [0.15, 0.2) is 40.7 Å². The number of rotatable bonds is 7. The van der Waals surface area contributed by atoms with Gasteiger partial charge in [0.25, 0.3) is 0 Å². The topological polar surface area (TPSA) is 56.7 Å². The van der Waals surface area contributed by atoms with E-state index in [1.807, 2.05) is 6.08 Å². The molecule has 2 rings (SSSR count). The number of allylic oxidation sites excluding steroid dienone is 2. The first kappa shape index (κ1) is 14.0. The Kier molecular flexibility index (Phi) is 4.52. The minimum Gasteiger partial charge on any atom is -0.329 e. The van der Waals surface area contributed by atoms with E-state index in [2.05, 4.69) is 53.3 Å².